The monoisotopic (exact) mass is 214 g/mol. The quantitative estimate of drug-likeness (QED) is 0.718. The summed E-state index contributed by atoms with van der Waals surface area (Å²) < 4.78 is 0. The molecule has 1 aliphatic heterocycles. The maximum absolute atomic E-state index is 9.58. The molecule has 0 radical (unpaired) electrons. The molecule has 84 valence electrons. The van der Waals surface area contributed by atoms with Gasteiger partial charge in [-0.05, 0) is 31.5 Å². The molecular formula is C14H18N2. The molecule has 2 rings (SSSR count). The third kappa shape index (κ3) is 1.72. The van der Waals surface area contributed by atoms with E-state index in [1.54, 1.807) is 0 Å². The summed E-state index contributed by atoms with van der Waals surface area (Å²) >= 11 is 0. The highest BCUT2D eigenvalue weighted by molar-refractivity contribution is 5.34. The van der Waals surface area contributed by atoms with Crippen LogP contribution in [0.15, 0.2) is 30.3 Å². The van der Waals surface area contributed by atoms with E-state index in [4.69, 9.17) is 0 Å². The van der Waals surface area contributed by atoms with E-state index >= 15 is 0 Å². The molecule has 0 spiro atoms. The van der Waals surface area contributed by atoms with Gasteiger partial charge in [-0.15, -0.1) is 0 Å². The molecule has 2 heteroatoms. The van der Waals surface area contributed by atoms with Crippen LogP contribution in [0.2, 0.25) is 0 Å². The van der Waals surface area contributed by atoms with Gasteiger partial charge in [0.1, 0.15) is 0 Å². The van der Waals surface area contributed by atoms with Crippen LogP contribution >= 0.6 is 0 Å². The van der Waals surface area contributed by atoms with Crippen molar-refractivity contribution >= 4 is 0 Å². The molecule has 0 amide bonds. The van der Waals surface area contributed by atoms with E-state index in [1.165, 1.54) is 5.56 Å². The first-order chi connectivity index (χ1) is 7.69. The molecule has 1 aromatic carbocycles. The highest BCUT2D eigenvalue weighted by Crippen LogP contribution is 2.38. The minimum atomic E-state index is -0.284. The number of nitrogens with zero attached hydrogens (tertiary/aromatic N) is 2. The lowest BCUT2D eigenvalue weighted by Crippen LogP contribution is -2.46. The molecule has 1 aliphatic rings. The van der Waals surface area contributed by atoms with Crippen LogP contribution in [0.25, 0.3) is 0 Å². The van der Waals surface area contributed by atoms with Gasteiger partial charge in [0.25, 0.3) is 0 Å². The fourth-order valence-electron chi connectivity index (χ4n) is 2.72. The van der Waals surface area contributed by atoms with Crippen molar-refractivity contribution in [2.45, 2.75) is 18.8 Å². The van der Waals surface area contributed by atoms with E-state index in [-0.39, 0.29) is 5.41 Å². The molecule has 0 saturated carbocycles. The van der Waals surface area contributed by atoms with Crippen LogP contribution in [-0.2, 0) is 5.41 Å². The van der Waals surface area contributed by atoms with Crippen LogP contribution in [0, 0.1) is 17.2 Å². The molecule has 2 nitrogen and oxygen atoms in total. The van der Waals surface area contributed by atoms with Crippen LogP contribution in [0.5, 0.6) is 0 Å². The lowest BCUT2D eigenvalue weighted by Gasteiger charge is -2.41. The van der Waals surface area contributed by atoms with Gasteiger partial charge in [0.05, 0.1) is 11.5 Å². The highest BCUT2D eigenvalue weighted by atomic mass is 15.1. The Morgan fingerprint density at radius 3 is 2.62 bits per heavy atom. The molecule has 1 heterocycles. The van der Waals surface area contributed by atoms with Crippen LogP contribution < -0.4 is 0 Å². The Balaban J connectivity index is 2.37. The van der Waals surface area contributed by atoms with E-state index in [0.29, 0.717) is 5.92 Å². The molecule has 0 aliphatic carbocycles. The lowest BCUT2D eigenvalue weighted by molar-refractivity contribution is 0.157. The van der Waals surface area contributed by atoms with E-state index in [1.807, 2.05) is 18.2 Å². The summed E-state index contributed by atoms with van der Waals surface area (Å²) in [5.74, 6) is 0.388. The smallest absolute Gasteiger partial charge is 0.0872 e. The van der Waals surface area contributed by atoms with Crippen LogP contribution in [0.1, 0.15) is 18.9 Å². The number of nitriles is 1. The second kappa shape index (κ2) is 4.27. The second-order valence-corrected chi connectivity index (χ2v) is 4.86. The van der Waals surface area contributed by atoms with Gasteiger partial charge in [0.2, 0.25) is 0 Å². The Bertz CT molecular complexity index is 393. The van der Waals surface area contributed by atoms with Gasteiger partial charge in [0, 0.05) is 6.54 Å². The number of hydrogen-bond acceptors (Lipinski definition) is 2. The van der Waals surface area contributed by atoms with Gasteiger partial charge in [-0.3, -0.25) is 0 Å². The molecule has 2 atom stereocenters. The Kier molecular flexibility index (Phi) is 2.98. The zero-order valence-electron chi connectivity index (χ0n) is 9.98. The summed E-state index contributed by atoms with van der Waals surface area (Å²) in [5.41, 5.74) is 0.895. The number of benzene rings is 1. The predicted molar refractivity (Wildman–Crippen MR) is 65.0 cm³/mol. The summed E-state index contributed by atoms with van der Waals surface area (Å²) in [6, 6.07) is 12.8. The van der Waals surface area contributed by atoms with E-state index < -0.39 is 0 Å². The van der Waals surface area contributed by atoms with Gasteiger partial charge in [-0.25, -0.2) is 0 Å². The second-order valence-electron chi connectivity index (χ2n) is 4.86. The Morgan fingerprint density at radius 1 is 1.38 bits per heavy atom. The van der Waals surface area contributed by atoms with Gasteiger partial charge in [-0.2, -0.15) is 5.26 Å². The van der Waals surface area contributed by atoms with Crippen molar-refractivity contribution in [1.82, 2.24) is 4.90 Å². The first-order valence-corrected chi connectivity index (χ1v) is 5.84. The maximum atomic E-state index is 9.58. The number of piperidine rings is 1. The summed E-state index contributed by atoms with van der Waals surface area (Å²) in [6.07, 6.45) is 0.936. The predicted octanol–water partition coefficient (Wildman–Crippen LogP) is 2.42. The Labute approximate surface area is 97.5 Å². The van der Waals surface area contributed by atoms with Crippen molar-refractivity contribution < 1.29 is 0 Å². The van der Waals surface area contributed by atoms with Gasteiger partial charge in [0.15, 0.2) is 0 Å². The first kappa shape index (κ1) is 11.2. The van der Waals surface area contributed by atoms with E-state index in [9.17, 15) is 5.26 Å². The topological polar surface area (TPSA) is 27.0 Å². The van der Waals surface area contributed by atoms with Crippen LogP contribution in [-0.4, -0.2) is 25.0 Å². The van der Waals surface area contributed by atoms with Crippen LogP contribution in [0.4, 0.5) is 0 Å². The highest BCUT2D eigenvalue weighted by Gasteiger charge is 2.41. The molecule has 16 heavy (non-hydrogen) atoms. The third-order valence-electron chi connectivity index (χ3n) is 3.80. The molecule has 1 aromatic rings. The summed E-state index contributed by atoms with van der Waals surface area (Å²) in [5, 5.41) is 9.58. The molecule has 0 N–H and O–H groups in total. The van der Waals surface area contributed by atoms with Crippen LogP contribution in [0.3, 0.4) is 0 Å². The van der Waals surface area contributed by atoms with Crippen molar-refractivity contribution in [1.29, 1.82) is 5.26 Å². The van der Waals surface area contributed by atoms with Crippen molar-refractivity contribution in [3.8, 4) is 6.07 Å². The molecule has 1 saturated heterocycles. The third-order valence-corrected chi connectivity index (χ3v) is 3.80. The summed E-state index contributed by atoms with van der Waals surface area (Å²) in [6.45, 7) is 4.20. The van der Waals surface area contributed by atoms with E-state index in [2.05, 4.69) is 37.1 Å². The SMILES string of the molecule is CC1CN(C)CCC1(C#N)c1ccccc1. The van der Waals surface area contributed by atoms with Gasteiger partial charge >= 0.3 is 0 Å². The van der Waals surface area contributed by atoms with Crippen molar-refractivity contribution in [3.63, 3.8) is 0 Å². The van der Waals surface area contributed by atoms with Crippen molar-refractivity contribution in [3.05, 3.63) is 35.9 Å². The normalized spacial score (nSPS) is 30.9. The summed E-state index contributed by atoms with van der Waals surface area (Å²) in [7, 11) is 2.13. The fraction of sp³-hybridized carbons (Fsp3) is 0.500. The maximum Gasteiger partial charge on any atom is 0.0872 e. The average Bonchev–Trinajstić information content (AvgIpc) is 2.31. The molecule has 0 aromatic heterocycles. The molecule has 2 unspecified atom stereocenters. The minimum Gasteiger partial charge on any atom is -0.306 e. The van der Waals surface area contributed by atoms with Crippen molar-refractivity contribution in [2.24, 2.45) is 5.92 Å². The standard InChI is InChI=1S/C14H18N2/c1-12-10-16(2)9-8-14(12,11-15)13-6-4-3-5-7-13/h3-7,12H,8-10H2,1-2H3. The number of likely N-dealkylation sites (tertiary alicyclic amines) is 1. The Hall–Kier alpha value is -1.33. The number of hydrogen-bond donors (Lipinski definition) is 0. The largest absolute Gasteiger partial charge is 0.306 e. The zero-order valence-corrected chi connectivity index (χ0v) is 9.98. The first-order valence-electron chi connectivity index (χ1n) is 5.84. The van der Waals surface area contributed by atoms with Gasteiger partial charge in [-0.1, -0.05) is 37.3 Å². The minimum absolute atomic E-state index is 0.284. The zero-order chi connectivity index (χ0) is 11.6. The van der Waals surface area contributed by atoms with E-state index in [0.717, 1.165) is 19.5 Å². The number of rotatable bonds is 1. The molecule has 0 bridgehead atoms. The average molecular weight is 214 g/mol. The lowest BCUT2D eigenvalue weighted by atomic mass is 9.68. The molecular weight excluding hydrogens is 196 g/mol. The Morgan fingerprint density at radius 2 is 2.06 bits per heavy atom. The molecule has 1 fully saturated rings. The summed E-state index contributed by atoms with van der Waals surface area (Å²) in [4.78, 5) is 2.31. The van der Waals surface area contributed by atoms with Crippen molar-refractivity contribution in [2.75, 3.05) is 20.1 Å². The fourth-order valence-corrected chi connectivity index (χ4v) is 2.72. The van der Waals surface area contributed by atoms with Gasteiger partial charge < -0.3 is 4.90 Å².